The summed E-state index contributed by atoms with van der Waals surface area (Å²) >= 11 is 0. The van der Waals surface area contributed by atoms with Crippen molar-refractivity contribution in [2.45, 2.75) is 37.6 Å². The lowest BCUT2D eigenvalue weighted by Crippen LogP contribution is -2.32. The lowest BCUT2D eigenvalue weighted by Gasteiger charge is -2.14. The van der Waals surface area contributed by atoms with Gasteiger partial charge in [-0.3, -0.25) is 4.79 Å². The molecule has 0 aromatic heterocycles. The molecule has 0 bridgehead atoms. The van der Waals surface area contributed by atoms with Gasteiger partial charge in [-0.2, -0.15) is 0 Å². The summed E-state index contributed by atoms with van der Waals surface area (Å²) in [4.78, 5) is 12.3. The van der Waals surface area contributed by atoms with Crippen LogP contribution >= 0.6 is 0 Å². The summed E-state index contributed by atoms with van der Waals surface area (Å²) in [5.74, 6) is -0.116. The summed E-state index contributed by atoms with van der Waals surface area (Å²) in [6.07, 6.45) is 1.35. The second-order valence-corrected chi connectivity index (χ2v) is 8.02. The van der Waals surface area contributed by atoms with Crippen LogP contribution in [0.15, 0.2) is 53.4 Å². The first-order valence-corrected chi connectivity index (χ1v) is 10.4. The molecule has 2 rings (SSSR count). The number of carbonyl (C=O) groups excluding carboxylic acids is 1. The maximum atomic E-state index is 12.7. The number of carbonyl (C=O) groups is 1. The number of rotatable bonds is 9. The van der Waals surface area contributed by atoms with E-state index in [1.54, 1.807) is 6.07 Å². The van der Waals surface area contributed by atoms with E-state index in [9.17, 15) is 13.2 Å². The second-order valence-electron chi connectivity index (χ2n) is 6.28. The van der Waals surface area contributed by atoms with Crippen molar-refractivity contribution in [3.63, 3.8) is 0 Å². The van der Waals surface area contributed by atoms with Crippen molar-refractivity contribution < 1.29 is 17.9 Å². The Kier molecular flexibility index (Phi) is 7.38. The minimum Gasteiger partial charge on any atom is -0.495 e. The van der Waals surface area contributed by atoms with Crippen molar-refractivity contribution in [2.24, 2.45) is 0 Å². The Bertz CT molecular complexity index is 867. The first-order chi connectivity index (χ1) is 12.9. The topological polar surface area (TPSA) is 84.5 Å². The number of sulfonamides is 1. The van der Waals surface area contributed by atoms with Crippen molar-refractivity contribution in [1.82, 2.24) is 10.0 Å². The predicted molar refractivity (Wildman–Crippen MR) is 106 cm³/mol. The van der Waals surface area contributed by atoms with Crippen LogP contribution in [0.1, 0.15) is 36.2 Å². The van der Waals surface area contributed by atoms with E-state index in [1.807, 2.05) is 44.2 Å². The van der Waals surface area contributed by atoms with Crippen LogP contribution in [0.2, 0.25) is 0 Å². The van der Waals surface area contributed by atoms with E-state index < -0.39 is 10.0 Å². The average molecular weight is 391 g/mol. The molecule has 2 N–H and O–H groups in total. The third-order valence-electron chi connectivity index (χ3n) is 4.25. The normalized spacial score (nSPS) is 12.4. The largest absolute Gasteiger partial charge is 0.495 e. The van der Waals surface area contributed by atoms with Crippen molar-refractivity contribution in [3.8, 4) is 5.75 Å². The van der Waals surface area contributed by atoms with Crippen LogP contribution in [0.3, 0.4) is 0 Å². The van der Waals surface area contributed by atoms with E-state index in [-0.39, 0.29) is 34.7 Å². The molecule has 0 aliphatic rings. The summed E-state index contributed by atoms with van der Waals surface area (Å²) in [6.45, 7) is 4.11. The Labute approximate surface area is 161 Å². The van der Waals surface area contributed by atoms with Crippen molar-refractivity contribution >= 4 is 15.9 Å². The predicted octanol–water partition coefficient (Wildman–Crippen LogP) is 2.74. The number of hydrogen-bond donors (Lipinski definition) is 2. The van der Waals surface area contributed by atoms with Gasteiger partial charge in [-0.1, -0.05) is 37.3 Å². The highest BCUT2D eigenvalue weighted by Crippen LogP contribution is 2.25. The smallest absolute Gasteiger partial charge is 0.251 e. The number of amides is 1. The molecule has 146 valence electrons. The monoisotopic (exact) mass is 390 g/mol. The van der Waals surface area contributed by atoms with Gasteiger partial charge in [0.2, 0.25) is 10.0 Å². The fraction of sp³-hybridized carbons (Fsp3) is 0.350. The molecule has 0 aliphatic heterocycles. The van der Waals surface area contributed by atoms with Gasteiger partial charge in [0.25, 0.3) is 5.91 Å². The van der Waals surface area contributed by atoms with Crippen LogP contribution in [0.25, 0.3) is 0 Å². The Morgan fingerprint density at radius 2 is 1.85 bits per heavy atom. The summed E-state index contributed by atoms with van der Waals surface area (Å²) in [7, 11) is -2.42. The highest BCUT2D eigenvalue weighted by atomic mass is 32.2. The molecule has 1 amide bonds. The first kappa shape index (κ1) is 20.9. The molecule has 7 heteroatoms. The Hall–Kier alpha value is -2.38. The Morgan fingerprint density at radius 1 is 1.15 bits per heavy atom. The number of methoxy groups -OCH3 is 1. The van der Waals surface area contributed by atoms with Crippen LogP contribution < -0.4 is 14.8 Å². The van der Waals surface area contributed by atoms with Gasteiger partial charge in [0, 0.05) is 18.2 Å². The van der Waals surface area contributed by atoms with Crippen LogP contribution in [-0.4, -0.2) is 34.0 Å². The van der Waals surface area contributed by atoms with Gasteiger partial charge in [-0.15, -0.1) is 0 Å². The summed E-state index contributed by atoms with van der Waals surface area (Å²) in [5, 5.41) is 2.83. The standard InChI is InChI=1S/C20H26N2O4S/c1-4-15(2)22-20(23)17-10-11-18(26-3)19(14-17)27(24,25)21-13-12-16-8-6-5-7-9-16/h5-11,14-15,21H,4,12-13H2,1-3H3,(H,22,23)/t15-/m0/s1. The molecular formula is C20H26N2O4S. The van der Waals surface area contributed by atoms with Crippen LogP contribution in [0.4, 0.5) is 0 Å². The fourth-order valence-corrected chi connectivity index (χ4v) is 3.71. The summed E-state index contributed by atoms with van der Waals surface area (Å²) < 4.78 is 33.2. The lowest BCUT2D eigenvalue weighted by molar-refractivity contribution is 0.0939. The quantitative estimate of drug-likeness (QED) is 0.689. The van der Waals surface area contributed by atoms with E-state index in [4.69, 9.17) is 4.74 Å². The third kappa shape index (κ3) is 5.80. The molecule has 0 heterocycles. The summed E-state index contributed by atoms with van der Waals surface area (Å²) in [6, 6.07) is 14.0. The zero-order chi connectivity index (χ0) is 19.9. The maximum absolute atomic E-state index is 12.7. The Balaban J connectivity index is 2.18. The Morgan fingerprint density at radius 3 is 2.48 bits per heavy atom. The second kappa shape index (κ2) is 9.53. The number of nitrogens with one attached hydrogen (secondary N) is 2. The van der Waals surface area contributed by atoms with E-state index in [0.29, 0.717) is 6.42 Å². The summed E-state index contributed by atoms with van der Waals surface area (Å²) in [5.41, 5.74) is 1.31. The molecule has 2 aromatic carbocycles. The first-order valence-electron chi connectivity index (χ1n) is 8.90. The number of benzene rings is 2. The minimum atomic E-state index is -3.82. The maximum Gasteiger partial charge on any atom is 0.251 e. The van der Waals surface area contributed by atoms with Crippen molar-refractivity contribution in [2.75, 3.05) is 13.7 Å². The SMILES string of the molecule is CC[C@H](C)NC(=O)c1ccc(OC)c(S(=O)(=O)NCCc2ccccc2)c1. The van der Waals surface area contributed by atoms with Gasteiger partial charge in [-0.25, -0.2) is 13.1 Å². The molecular weight excluding hydrogens is 364 g/mol. The van der Waals surface area contributed by atoms with Gasteiger partial charge in [0.15, 0.2) is 0 Å². The third-order valence-corrected chi connectivity index (χ3v) is 5.74. The highest BCUT2D eigenvalue weighted by molar-refractivity contribution is 7.89. The van der Waals surface area contributed by atoms with E-state index in [0.717, 1.165) is 12.0 Å². The molecule has 27 heavy (non-hydrogen) atoms. The molecule has 1 atom stereocenters. The van der Waals surface area contributed by atoms with Crippen molar-refractivity contribution in [1.29, 1.82) is 0 Å². The lowest BCUT2D eigenvalue weighted by atomic mass is 10.2. The van der Waals surface area contributed by atoms with Crippen LogP contribution in [-0.2, 0) is 16.4 Å². The van der Waals surface area contributed by atoms with Gasteiger partial charge < -0.3 is 10.1 Å². The fourth-order valence-electron chi connectivity index (χ4n) is 2.49. The van der Waals surface area contributed by atoms with Gasteiger partial charge in [-0.05, 0) is 43.5 Å². The molecule has 0 saturated carbocycles. The number of ether oxygens (including phenoxy) is 1. The number of hydrogen-bond acceptors (Lipinski definition) is 4. The molecule has 0 fully saturated rings. The van der Waals surface area contributed by atoms with Crippen LogP contribution in [0.5, 0.6) is 5.75 Å². The molecule has 2 aromatic rings. The zero-order valence-corrected chi connectivity index (χ0v) is 16.7. The zero-order valence-electron chi connectivity index (χ0n) is 15.9. The average Bonchev–Trinajstić information content (AvgIpc) is 2.68. The molecule has 0 spiro atoms. The van der Waals surface area contributed by atoms with E-state index >= 15 is 0 Å². The minimum absolute atomic E-state index is 0.00339. The van der Waals surface area contributed by atoms with Gasteiger partial charge >= 0.3 is 0 Å². The van der Waals surface area contributed by atoms with E-state index in [2.05, 4.69) is 10.0 Å². The van der Waals surface area contributed by atoms with E-state index in [1.165, 1.54) is 19.2 Å². The molecule has 0 aliphatic carbocycles. The molecule has 0 unspecified atom stereocenters. The highest BCUT2D eigenvalue weighted by Gasteiger charge is 2.21. The molecule has 6 nitrogen and oxygen atoms in total. The van der Waals surface area contributed by atoms with Gasteiger partial charge in [0.05, 0.1) is 7.11 Å². The molecule has 0 radical (unpaired) electrons. The van der Waals surface area contributed by atoms with Crippen LogP contribution in [0, 0.1) is 0 Å². The molecule has 0 saturated heterocycles. The van der Waals surface area contributed by atoms with Gasteiger partial charge in [0.1, 0.15) is 10.6 Å². The van der Waals surface area contributed by atoms with Crippen molar-refractivity contribution in [3.05, 3.63) is 59.7 Å².